The van der Waals surface area contributed by atoms with Crippen molar-refractivity contribution in [2.24, 2.45) is 0 Å². The summed E-state index contributed by atoms with van der Waals surface area (Å²) >= 11 is 1.66. The number of thiophene rings is 1. The van der Waals surface area contributed by atoms with E-state index in [1.807, 2.05) is 34.5 Å². The largest absolute Gasteiger partial charge is 0.381 e. The van der Waals surface area contributed by atoms with E-state index in [0.29, 0.717) is 5.69 Å². The van der Waals surface area contributed by atoms with Crippen LogP contribution in [0.1, 0.15) is 34.5 Å². The van der Waals surface area contributed by atoms with Crippen molar-refractivity contribution in [3.8, 4) is 5.69 Å². The maximum Gasteiger partial charge on any atom is 0.270 e. The summed E-state index contributed by atoms with van der Waals surface area (Å²) in [7, 11) is 1.71. The van der Waals surface area contributed by atoms with Crippen LogP contribution < -0.4 is 5.32 Å². The number of nitrogens with one attached hydrogen (secondary N) is 1. The van der Waals surface area contributed by atoms with Gasteiger partial charge in [0.05, 0.1) is 22.0 Å². The van der Waals surface area contributed by atoms with Gasteiger partial charge in [-0.25, -0.2) is 9.67 Å². The normalized spacial score (nSPS) is 18.3. The van der Waals surface area contributed by atoms with Crippen LogP contribution in [0.2, 0.25) is 0 Å². The first kappa shape index (κ1) is 19.0. The van der Waals surface area contributed by atoms with Gasteiger partial charge in [-0.15, -0.1) is 11.3 Å². The van der Waals surface area contributed by atoms with E-state index in [4.69, 9.17) is 4.74 Å². The molecule has 3 aromatic heterocycles. The quantitative estimate of drug-likeness (QED) is 0.514. The molecule has 4 aromatic rings. The SMILES string of the molecule is COC1CC(NC(=O)c2cc(Cc3ccc(-n4cccn4)cc3)c3sccc3n2)C1. The second-order valence-corrected chi connectivity index (χ2v) is 8.51. The summed E-state index contributed by atoms with van der Waals surface area (Å²) < 4.78 is 8.27. The average molecular weight is 419 g/mol. The Hall–Kier alpha value is -3.03. The third kappa shape index (κ3) is 3.74. The Kier molecular flexibility index (Phi) is 5.06. The van der Waals surface area contributed by atoms with Crippen molar-refractivity contribution in [3.05, 3.63) is 77.1 Å². The van der Waals surface area contributed by atoms with Gasteiger partial charge in [-0.1, -0.05) is 12.1 Å². The molecule has 1 amide bonds. The maximum atomic E-state index is 12.8. The molecule has 30 heavy (non-hydrogen) atoms. The van der Waals surface area contributed by atoms with Crippen LogP contribution in [0.5, 0.6) is 0 Å². The van der Waals surface area contributed by atoms with E-state index in [0.717, 1.165) is 40.7 Å². The second-order valence-electron chi connectivity index (χ2n) is 7.59. The van der Waals surface area contributed by atoms with Gasteiger partial charge >= 0.3 is 0 Å². The number of hydrogen-bond acceptors (Lipinski definition) is 5. The van der Waals surface area contributed by atoms with Crippen molar-refractivity contribution in [3.63, 3.8) is 0 Å². The molecule has 0 atom stereocenters. The number of fused-ring (bicyclic) bond motifs is 1. The van der Waals surface area contributed by atoms with Gasteiger partial charge in [-0.05, 0) is 66.1 Å². The minimum absolute atomic E-state index is 0.113. The summed E-state index contributed by atoms with van der Waals surface area (Å²) in [6.07, 6.45) is 6.41. The average Bonchev–Trinajstić information content (AvgIpc) is 3.42. The molecule has 1 fully saturated rings. The molecule has 0 unspecified atom stereocenters. The van der Waals surface area contributed by atoms with E-state index in [1.165, 1.54) is 5.56 Å². The number of aromatic nitrogens is 3. The molecule has 5 rings (SSSR count). The molecule has 3 heterocycles. The van der Waals surface area contributed by atoms with Crippen LogP contribution in [0.15, 0.2) is 60.2 Å². The number of amides is 1. The second kappa shape index (κ2) is 8.01. The zero-order valence-corrected chi connectivity index (χ0v) is 17.4. The number of pyridine rings is 1. The number of rotatable bonds is 6. The molecular weight excluding hydrogens is 396 g/mol. The number of nitrogens with zero attached hydrogens (tertiary/aromatic N) is 3. The fraction of sp³-hybridized carbons (Fsp3) is 0.261. The highest BCUT2D eigenvalue weighted by Gasteiger charge is 2.30. The first-order chi connectivity index (χ1) is 14.7. The fourth-order valence-electron chi connectivity index (χ4n) is 3.81. The molecule has 1 aliphatic rings. The number of benzene rings is 1. The molecule has 7 heteroatoms. The highest BCUT2D eigenvalue weighted by atomic mass is 32.1. The van der Waals surface area contributed by atoms with Crippen LogP contribution in [0.3, 0.4) is 0 Å². The van der Waals surface area contributed by atoms with Crippen molar-refractivity contribution < 1.29 is 9.53 Å². The van der Waals surface area contributed by atoms with Crippen molar-refractivity contribution in [2.45, 2.75) is 31.4 Å². The molecular formula is C23H22N4O2S. The van der Waals surface area contributed by atoms with Crippen molar-refractivity contribution in [2.75, 3.05) is 7.11 Å². The Labute approximate surface area is 178 Å². The van der Waals surface area contributed by atoms with E-state index >= 15 is 0 Å². The number of ether oxygens (including phenoxy) is 1. The molecule has 1 aliphatic carbocycles. The molecule has 1 N–H and O–H groups in total. The molecule has 1 aromatic carbocycles. The highest BCUT2D eigenvalue weighted by molar-refractivity contribution is 7.17. The first-order valence-corrected chi connectivity index (χ1v) is 10.9. The Morgan fingerprint density at radius 2 is 2.10 bits per heavy atom. The summed E-state index contributed by atoms with van der Waals surface area (Å²) in [5.41, 5.74) is 4.68. The highest BCUT2D eigenvalue weighted by Crippen LogP contribution is 2.27. The molecule has 0 radical (unpaired) electrons. The lowest BCUT2D eigenvalue weighted by molar-refractivity contribution is 0.0175. The van der Waals surface area contributed by atoms with Crippen molar-refractivity contribution >= 4 is 27.5 Å². The number of hydrogen-bond donors (Lipinski definition) is 1. The fourth-order valence-corrected chi connectivity index (χ4v) is 4.66. The lowest BCUT2D eigenvalue weighted by Crippen LogP contribution is -2.47. The maximum absolute atomic E-state index is 12.8. The number of carbonyl (C=O) groups is 1. The molecule has 0 spiro atoms. The third-order valence-electron chi connectivity index (χ3n) is 5.58. The van der Waals surface area contributed by atoms with E-state index in [2.05, 4.69) is 39.7 Å². The zero-order valence-electron chi connectivity index (χ0n) is 16.6. The van der Waals surface area contributed by atoms with Gasteiger partial charge in [0.1, 0.15) is 5.69 Å². The van der Waals surface area contributed by atoms with E-state index in [9.17, 15) is 4.79 Å². The smallest absolute Gasteiger partial charge is 0.270 e. The molecule has 1 saturated carbocycles. The van der Waals surface area contributed by atoms with Crippen molar-refractivity contribution in [1.29, 1.82) is 0 Å². The zero-order chi connectivity index (χ0) is 20.5. The third-order valence-corrected chi connectivity index (χ3v) is 6.56. The predicted molar refractivity (Wildman–Crippen MR) is 117 cm³/mol. The Bertz CT molecular complexity index is 1160. The standard InChI is InChI=1S/C23H22N4O2S/c1-29-19-13-17(14-19)25-23(28)21-12-16(22-20(26-21)7-10-30-22)11-15-3-5-18(6-4-15)27-9-2-8-24-27/h2-10,12,17,19H,11,13-14H2,1H3,(H,25,28). The van der Waals surface area contributed by atoms with Crippen molar-refractivity contribution in [1.82, 2.24) is 20.1 Å². The van der Waals surface area contributed by atoms with E-state index < -0.39 is 0 Å². The Balaban J connectivity index is 1.37. The van der Waals surface area contributed by atoms with Crippen LogP contribution in [0, 0.1) is 0 Å². The van der Waals surface area contributed by atoms with Gasteiger partial charge in [0, 0.05) is 25.5 Å². The molecule has 0 saturated heterocycles. The van der Waals surface area contributed by atoms with Gasteiger partial charge in [0.15, 0.2) is 0 Å². The van der Waals surface area contributed by atoms with Gasteiger partial charge in [-0.3, -0.25) is 4.79 Å². The first-order valence-electron chi connectivity index (χ1n) is 9.99. The molecule has 0 aliphatic heterocycles. The topological polar surface area (TPSA) is 69.0 Å². The summed E-state index contributed by atoms with van der Waals surface area (Å²) in [6.45, 7) is 0. The van der Waals surface area contributed by atoms with E-state index in [-0.39, 0.29) is 18.1 Å². The van der Waals surface area contributed by atoms with E-state index in [1.54, 1.807) is 24.6 Å². The Morgan fingerprint density at radius 3 is 2.83 bits per heavy atom. The summed E-state index contributed by atoms with van der Waals surface area (Å²) in [5, 5.41) is 9.38. The van der Waals surface area contributed by atoms with Crippen LogP contribution >= 0.6 is 11.3 Å². The monoisotopic (exact) mass is 418 g/mol. The predicted octanol–water partition coefficient (Wildman–Crippen LogP) is 3.98. The van der Waals surface area contributed by atoms with Gasteiger partial charge in [-0.2, -0.15) is 5.10 Å². The minimum Gasteiger partial charge on any atom is -0.381 e. The van der Waals surface area contributed by atoms with Gasteiger partial charge in [0.25, 0.3) is 5.91 Å². The van der Waals surface area contributed by atoms with Crippen LogP contribution in [0.4, 0.5) is 0 Å². The Morgan fingerprint density at radius 1 is 1.27 bits per heavy atom. The van der Waals surface area contributed by atoms with Gasteiger partial charge in [0.2, 0.25) is 0 Å². The number of carbonyl (C=O) groups excluding carboxylic acids is 1. The summed E-state index contributed by atoms with van der Waals surface area (Å²) in [5.74, 6) is -0.113. The lowest BCUT2D eigenvalue weighted by Gasteiger charge is -2.34. The number of methoxy groups -OCH3 is 1. The van der Waals surface area contributed by atoms with Crippen LogP contribution in [-0.4, -0.2) is 39.9 Å². The summed E-state index contributed by atoms with van der Waals surface area (Å²) in [4.78, 5) is 17.4. The van der Waals surface area contributed by atoms with Crippen LogP contribution in [0.25, 0.3) is 15.9 Å². The summed E-state index contributed by atoms with van der Waals surface area (Å²) in [6, 6.07) is 14.3. The lowest BCUT2D eigenvalue weighted by atomic mass is 9.89. The molecule has 6 nitrogen and oxygen atoms in total. The minimum atomic E-state index is -0.113. The van der Waals surface area contributed by atoms with Crippen LogP contribution in [-0.2, 0) is 11.2 Å². The van der Waals surface area contributed by atoms with Gasteiger partial charge < -0.3 is 10.1 Å². The molecule has 152 valence electrons. The molecule has 0 bridgehead atoms.